The van der Waals surface area contributed by atoms with Crippen LogP contribution in [0.3, 0.4) is 0 Å². The first-order valence-electron chi connectivity index (χ1n) is 3.98. The Bertz CT molecular complexity index is 386. The molecule has 16 heavy (non-hydrogen) atoms. The van der Waals surface area contributed by atoms with E-state index in [0.29, 0.717) is 11.1 Å². The molecule has 1 N–H and O–H groups in total. The van der Waals surface area contributed by atoms with Gasteiger partial charge < -0.3 is 9.84 Å². The minimum Gasteiger partial charge on any atom is -0.392 e. The van der Waals surface area contributed by atoms with E-state index < -0.39 is 12.2 Å². The van der Waals surface area contributed by atoms with E-state index in [2.05, 4.69) is 9.72 Å². The number of ether oxygens (including phenoxy) is 1. The molecule has 0 saturated carbocycles. The van der Waals surface area contributed by atoms with Crippen molar-refractivity contribution in [2.45, 2.75) is 18.8 Å². The molecule has 0 spiro atoms. The van der Waals surface area contributed by atoms with Crippen molar-refractivity contribution >= 4 is 34.2 Å². The number of hydrogen-bond acceptors (Lipinski definition) is 3. The molecule has 0 bridgehead atoms. The molecule has 1 heterocycles. The Hall–Kier alpha value is -0.280. The van der Waals surface area contributed by atoms with E-state index in [1.165, 1.54) is 0 Å². The van der Waals surface area contributed by atoms with E-state index >= 15 is 0 Å². The molecule has 0 aliphatic rings. The summed E-state index contributed by atoms with van der Waals surface area (Å²) in [7, 11) is 0. The van der Waals surface area contributed by atoms with Crippen molar-refractivity contribution in [2.24, 2.45) is 0 Å². The maximum Gasteiger partial charge on any atom is 0.574 e. The summed E-state index contributed by atoms with van der Waals surface area (Å²) >= 11 is 7.26. The molecule has 0 radical (unpaired) electrons. The molecule has 0 fully saturated rings. The summed E-state index contributed by atoms with van der Waals surface area (Å²) in [4.78, 5) is 3.56. The number of aliphatic hydroxyl groups is 1. The van der Waals surface area contributed by atoms with Crippen LogP contribution in [0.25, 0.3) is 0 Å². The molecule has 0 amide bonds. The lowest BCUT2D eigenvalue weighted by atomic mass is 10.2. The average Bonchev–Trinajstić information content (AvgIpc) is 2.14. The maximum absolute atomic E-state index is 11.9. The van der Waals surface area contributed by atoms with Gasteiger partial charge in [-0.2, -0.15) is 0 Å². The summed E-state index contributed by atoms with van der Waals surface area (Å²) in [6.45, 7) is -0.334. The Labute approximate surface area is 108 Å². The van der Waals surface area contributed by atoms with Gasteiger partial charge in [-0.3, -0.25) is 0 Å². The van der Waals surface area contributed by atoms with Crippen molar-refractivity contribution in [1.29, 1.82) is 0 Å². The molecule has 0 aliphatic carbocycles. The van der Waals surface area contributed by atoms with Crippen molar-refractivity contribution in [3.05, 3.63) is 20.9 Å². The van der Waals surface area contributed by atoms with Crippen molar-refractivity contribution in [2.75, 3.05) is 0 Å². The van der Waals surface area contributed by atoms with Gasteiger partial charge in [0.25, 0.3) is 0 Å². The number of hydrogen-bond donors (Lipinski definition) is 1. The van der Waals surface area contributed by atoms with Crippen molar-refractivity contribution in [3.63, 3.8) is 0 Å². The summed E-state index contributed by atoms with van der Waals surface area (Å²) in [6, 6.07) is 1.06. The molecule has 1 rings (SSSR count). The number of pyridine rings is 1. The van der Waals surface area contributed by atoms with Crippen LogP contribution in [0.4, 0.5) is 13.2 Å². The van der Waals surface area contributed by atoms with Crippen LogP contribution in [0.1, 0.15) is 11.1 Å². The van der Waals surface area contributed by atoms with Crippen molar-refractivity contribution < 1.29 is 23.0 Å². The lowest BCUT2D eigenvalue weighted by molar-refractivity contribution is -0.276. The highest BCUT2D eigenvalue weighted by molar-refractivity contribution is 14.1. The Morgan fingerprint density at radius 2 is 2.12 bits per heavy atom. The molecular weight excluding hydrogens is 361 g/mol. The van der Waals surface area contributed by atoms with Gasteiger partial charge >= 0.3 is 6.36 Å². The molecule has 0 saturated heterocycles. The van der Waals surface area contributed by atoms with Crippen molar-refractivity contribution in [1.82, 2.24) is 4.98 Å². The molecule has 3 nitrogen and oxygen atoms in total. The lowest BCUT2D eigenvalue weighted by Crippen LogP contribution is -2.18. The highest BCUT2D eigenvalue weighted by Gasteiger charge is 2.32. The molecule has 1 aromatic heterocycles. The maximum atomic E-state index is 11.9. The number of aliphatic hydroxyl groups excluding tert-OH is 1. The van der Waals surface area contributed by atoms with E-state index in [-0.39, 0.29) is 16.2 Å². The topological polar surface area (TPSA) is 42.4 Å². The number of aromatic nitrogens is 1. The third kappa shape index (κ3) is 3.63. The zero-order valence-electron chi connectivity index (χ0n) is 7.68. The summed E-state index contributed by atoms with van der Waals surface area (Å²) in [5.74, 6) is -0.604. The zero-order chi connectivity index (χ0) is 12.3. The highest BCUT2D eigenvalue weighted by Crippen LogP contribution is 2.26. The minimum absolute atomic E-state index is 0.0252. The lowest BCUT2D eigenvalue weighted by Gasteiger charge is -2.12. The number of rotatable bonds is 3. The van der Waals surface area contributed by atoms with E-state index in [1.54, 1.807) is 22.6 Å². The molecule has 90 valence electrons. The molecular formula is C8H6ClF3INO2. The van der Waals surface area contributed by atoms with Crippen LogP contribution in [0.2, 0.25) is 0 Å². The van der Waals surface area contributed by atoms with Crippen LogP contribution in [-0.2, 0) is 12.5 Å². The first-order chi connectivity index (χ1) is 7.37. The first-order valence-corrected chi connectivity index (χ1v) is 5.59. The zero-order valence-corrected chi connectivity index (χ0v) is 10.6. The van der Waals surface area contributed by atoms with Gasteiger partial charge in [-0.05, 0) is 28.2 Å². The Morgan fingerprint density at radius 1 is 1.50 bits per heavy atom. The molecule has 8 heteroatoms. The van der Waals surface area contributed by atoms with Gasteiger partial charge in [-0.1, -0.05) is 0 Å². The summed E-state index contributed by atoms with van der Waals surface area (Å²) in [5, 5.41) is 8.99. The van der Waals surface area contributed by atoms with E-state index in [0.717, 1.165) is 6.07 Å². The van der Waals surface area contributed by atoms with Crippen LogP contribution in [0.5, 0.6) is 5.88 Å². The monoisotopic (exact) mass is 367 g/mol. The quantitative estimate of drug-likeness (QED) is 0.507. The normalized spacial score (nSPS) is 11.6. The Kier molecular flexibility index (Phi) is 4.62. The molecule has 0 unspecified atom stereocenters. The average molecular weight is 367 g/mol. The van der Waals surface area contributed by atoms with E-state index in [9.17, 15) is 13.2 Å². The predicted molar refractivity (Wildman–Crippen MR) is 59.1 cm³/mol. The van der Waals surface area contributed by atoms with Gasteiger partial charge in [0.15, 0.2) is 0 Å². The van der Waals surface area contributed by atoms with Crippen LogP contribution < -0.4 is 4.74 Å². The molecule has 1 aromatic rings. The third-order valence-electron chi connectivity index (χ3n) is 1.67. The second-order valence-electron chi connectivity index (χ2n) is 2.73. The Balaban J connectivity index is 3.10. The summed E-state index contributed by atoms with van der Waals surface area (Å²) < 4.78 is 39.7. The molecule has 0 aliphatic heterocycles. The standard InChI is InChI=1S/C8H6ClF3INO2/c9-2-4-1-6(16-8(10,11)12)14-7(13)5(4)3-15/h1,15H,2-3H2. The van der Waals surface area contributed by atoms with Gasteiger partial charge in [0, 0.05) is 17.5 Å². The van der Waals surface area contributed by atoms with Gasteiger partial charge in [0.05, 0.1) is 6.61 Å². The Morgan fingerprint density at radius 3 is 2.56 bits per heavy atom. The fraction of sp³-hybridized carbons (Fsp3) is 0.375. The summed E-state index contributed by atoms with van der Waals surface area (Å²) in [5.41, 5.74) is 0.771. The van der Waals surface area contributed by atoms with Crippen LogP contribution >= 0.6 is 34.2 Å². The van der Waals surface area contributed by atoms with Gasteiger partial charge in [0.1, 0.15) is 3.70 Å². The van der Waals surface area contributed by atoms with Crippen LogP contribution in [-0.4, -0.2) is 16.5 Å². The number of halogens is 5. The molecule has 0 atom stereocenters. The van der Waals surface area contributed by atoms with Crippen LogP contribution in [0.15, 0.2) is 6.07 Å². The van der Waals surface area contributed by atoms with Gasteiger partial charge in [-0.25, -0.2) is 4.98 Å². The number of nitrogens with zero attached hydrogens (tertiary/aromatic N) is 1. The van der Waals surface area contributed by atoms with E-state index in [4.69, 9.17) is 16.7 Å². The number of alkyl halides is 4. The second kappa shape index (κ2) is 5.37. The molecule has 0 aromatic carbocycles. The SMILES string of the molecule is OCc1c(CCl)cc(OC(F)(F)F)nc1I. The fourth-order valence-electron chi connectivity index (χ4n) is 1.02. The third-order valence-corrected chi connectivity index (χ3v) is 2.85. The fourth-order valence-corrected chi connectivity index (χ4v) is 2.02. The van der Waals surface area contributed by atoms with Gasteiger partial charge in [0.2, 0.25) is 5.88 Å². The van der Waals surface area contributed by atoms with Crippen molar-refractivity contribution in [3.8, 4) is 5.88 Å². The largest absolute Gasteiger partial charge is 0.574 e. The summed E-state index contributed by atoms with van der Waals surface area (Å²) in [6.07, 6.45) is -4.79. The second-order valence-corrected chi connectivity index (χ2v) is 4.02. The first kappa shape index (κ1) is 13.8. The van der Waals surface area contributed by atoms with Crippen LogP contribution in [0, 0.1) is 3.70 Å². The predicted octanol–water partition coefficient (Wildman–Crippen LogP) is 2.82. The van der Waals surface area contributed by atoms with E-state index in [1.807, 2.05) is 0 Å². The highest BCUT2D eigenvalue weighted by atomic mass is 127. The minimum atomic E-state index is -4.79. The van der Waals surface area contributed by atoms with Gasteiger partial charge in [-0.15, -0.1) is 24.8 Å². The smallest absolute Gasteiger partial charge is 0.392 e.